The van der Waals surface area contributed by atoms with Crippen molar-refractivity contribution in [3.05, 3.63) is 38.9 Å². The molecule has 1 N–H and O–H groups in total. The highest BCUT2D eigenvalue weighted by molar-refractivity contribution is 9.10. The van der Waals surface area contributed by atoms with Crippen LogP contribution < -0.4 is 5.32 Å². The molecule has 17 heavy (non-hydrogen) atoms. The van der Waals surface area contributed by atoms with Crippen LogP contribution in [0.2, 0.25) is 5.02 Å². The van der Waals surface area contributed by atoms with E-state index in [1.165, 1.54) is 0 Å². The van der Waals surface area contributed by atoms with E-state index in [2.05, 4.69) is 31.4 Å². The largest absolute Gasteiger partial charge is 0.377 e. The molecule has 0 aliphatic rings. The van der Waals surface area contributed by atoms with Crippen LogP contribution in [0, 0.1) is 13.8 Å². The Morgan fingerprint density at radius 3 is 2.82 bits per heavy atom. The highest BCUT2D eigenvalue weighted by Crippen LogP contribution is 2.29. The van der Waals surface area contributed by atoms with Gasteiger partial charge in [0.05, 0.1) is 12.2 Å². The fourth-order valence-corrected chi connectivity index (χ4v) is 2.13. The van der Waals surface area contributed by atoms with Gasteiger partial charge in [-0.25, -0.2) is 0 Å². The minimum absolute atomic E-state index is 0.495. The van der Waals surface area contributed by atoms with Gasteiger partial charge in [0.15, 0.2) is 5.82 Å². The minimum Gasteiger partial charge on any atom is -0.377 e. The van der Waals surface area contributed by atoms with Crippen LogP contribution in [0.3, 0.4) is 0 Å². The molecule has 0 amide bonds. The maximum absolute atomic E-state index is 6.06. The van der Waals surface area contributed by atoms with Gasteiger partial charge in [-0.15, -0.1) is 0 Å². The van der Waals surface area contributed by atoms with Crippen molar-refractivity contribution in [2.45, 2.75) is 20.4 Å². The molecule has 0 bridgehead atoms. The summed E-state index contributed by atoms with van der Waals surface area (Å²) >= 11 is 9.54. The third-order valence-electron chi connectivity index (χ3n) is 2.25. The standard InChI is InChI=1S/C11H11BrClN3O/c1-6-3-8(12)10(4-9(6)13)14-5-11-15-7(2)17-16-11/h3-4,14H,5H2,1-2H3. The minimum atomic E-state index is 0.495. The molecule has 0 atom stereocenters. The van der Waals surface area contributed by atoms with Gasteiger partial charge in [-0.05, 0) is 40.5 Å². The topological polar surface area (TPSA) is 51.0 Å². The Bertz CT molecular complexity index is 542. The van der Waals surface area contributed by atoms with Crippen molar-refractivity contribution < 1.29 is 4.52 Å². The number of benzene rings is 1. The van der Waals surface area contributed by atoms with Crippen LogP contribution in [0.4, 0.5) is 5.69 Å². The van der Waals surface area contributed by atoms with Crippen LogP contribution in [0.5, 0.6) is 0 Å². The van der Waals surface area contributed by atoms with Crippen LogP contribution in [0.1, 0.15) is 17.3 Å². The van der Waals surface area contributed by atoms with E-state index in [0.717, 1.165) is 20.7 Å². The van der Waals surface area contributed by atoms with E-state index >= 15 is 0 Å². The lowest BCUT2D eigenvalue weighted by atomic mass is 10.2. The van der Waals surface area contributed by atoms with Crippen molar-refractivity contribution in [3.8, 4) is 0 Å². The smallest absolute Gasteiger partial charge is 0.223 e. The summed E-state index contributed by atoms with van der Waals surface area (Å²) in [6.45, 7) is 4.21. The Morgan fingerprint density at radius 2 is 2.18 bits per heavy atom. The average Bonchev–Trinajstić information content (AvgIpc) is 2.68. The number of hydrogen-bond donors (Lipinski definition) is 1. The number of nitrogens with one attached hydrogen (secondary N) is 1. The molecule has 2 rings (SSSR count). The first-order valence-electron chi connectivity index (χ1n) is 5.05. The molecule has 90 valence electrons. The molecule has 0 radical (unpaired) electrons. The van der Waals surface area contributed by atoms with Gasteiger partial charge in [-0.2, -0.15) is 4.98 Å². The van der Waals surface area contributed by atoms with Crippen LogP contribution in [0.15, 0.2) is 21.1 Å². The number of aryl methyl sites for hydroxylation is 2. The molecule has 0 aliphatic carbocycles. The summed E-state index contributed by atoms with van der Waals surface area (Å²) in [4.78, 5) is 4.11. The van der Waals surface area contributed by atoms with Gasteiger partial charge in [0, 0.05) is 16.4 Å². The molecule has 0 unspecified atom stereocenters. The first-order chi connectivity index (χ1) is 8.06. The predicted octanol–water partition coefficient (Wildman–Crippen LogP) is 3.71. The second kappa shape index (κ2) is 5.06. The molecule has 1 heterocycles. The number of hydrogen-bond acceptors (Lipinski definition) is 4. The van der Waals surface area contributed by atoms with E-state index in [-0.39, 0.29) is 0 Å². The third kappa shape index (κ3) is 2.98. The van der Waals surface area contributed by atoms with Gasteiger partial charge in [-0.1, -0.05) is 16.8 Å². The van der Waals surface area contributed by atoms with Gasteiger partial charge in [0.2, 0.25) is 5.89 Å². The monoisotopic (exact) mass is 315 g/mol. The molecule has 1 aromatic carbocycles. The quantitative estimate of drug-likeness (QED) is 0.937. The van der Waals surface area contributed by atoms with Gasteiger partial charge in [-0.3, -0.25) is 0 Å². The lowest BCUT2D eigenvalue weighted by Gasteiger charge is -2.08. The Morgan fingerprint density at radius 1 is 1.41 bits per heavy atom. The summed E-state index contributed by atoms with van der Waals surface area (Å²) in [6, 6.07) is 3.83. The molecule has 0 aliphatic heterocycles. The zero-order valence-corrected chi connectivity index (χ0v) is 11.8. The Balaban J connectivity index is 2.11. The third-order valence-corrected chi connectivity index (χ3v) is 3.32. The zero-order valence-electron chi connectivity index (χ0n) is 9.42. The highest BCUT2D eigenvalue weighted by Gasteiger charge is 2.06. The summed E-state index contributed by atoms with van der Waals surface area (Å²) in [5.41, 5.74) is 1.93. The molecule has 4 nitrogen and oxygen atoms in total. The Kier molecular flexibility index (Phi) is 3.69. The summed E-state index contributed by atoms with van der Waals surface area (Å²) in [6.07, 6.45) is 0. The lowest BCUT2D eigenvalue weighted by molar-refractivity contribution is 0.388. The average molecular weight is 317 g/mol. The van der Waals surface area contributed by atoms with Crippen LogP contribution in [-0.2, 0) is 6.54 Å². The first kappa shape index (κ1) is 12.4. The molecule has 0 spiro atoms. The number of halogens is 2. The summed E-state index contributed by atoms with van der Waals surface area (Å²) < 4.78 is 5.85. The van der Waals surface area contributed by atoms with Crippen molar-refractivity contribution in [3.63, 3.8) is 0 Å². The normalized spacial score (nSPS) is 10.6. The van der Waals surface area contributed by atoms with E-state index in [1.807, 2.05) is 19.1 Å². The Labute approximate surface area is 112 Å². The molecule has 0 fully saturated rings. The number of nitrogens with zero attached hydrogens (tertiary/aromatic N) is 2. The van der Waals surface area contributed by atoms with Crippen molar-refractivity contribution >= 4 is 33.2 Å². The summed E-state index contributed by atoms with van der Waals surface area (Å²) in [5.74, 6) is 1.17. The van der Waals surface area contributed by atoms with Crippen molar-refractivity contribution in [2.24, 2.45) is 0 Å². The molecule has 2 aromatic rings. The van der Waals surface area contributed by atoms with Gasteiger partial charge < -0.3 is 9.84 Å². The number of anilines is 1. The molecular formula is C11H11BrClN3O. The lowest BCUT2D eigenvalue weighted by Crippen LogP contribution is -2.02. The van der Waals surface area contributed by atoms with Crippen molar-refractivity contribution in [1.29, 1.82) is 0 Å². The zero-order chi connectivity index (χ0) is 12.4. The van der Waals surface area contributed by atoms with Crippen molar-refractivity contribution in [2.75, 3.05) is 5.32 Å². The summed E-state index contributed by atoms with van der Waals surface area (Å²) in [7, 11) is 0. The van der Waals surface area contributed by atoms with E-state index in [4.69, 9.17) is 16.1 Å². The maximum Gasteiger partial charge on any atom is 0.223 e. The first-order valence-corrected chi connectivity index (χ1v) is 6.22. The predicted molar refractivity (Wildman–Crippen MR) is 70.3 cm³/mol. The SMILES string of the molecule is Cc1nc(CNc2cc(Cl)c(C)cc2Br)no1. The van der Waals surface area contributed by atoms with E-state index < -0.39 is 0 Å². The molecule has 0 saturated heterocycles. The van der Waals surface area contributed by atoms with Gasteiger partial charge in [0.25, 0.3) is 0 Å². The Hall–Kier alpha value is -1.07. The van der Waals surface area contributed by atoms with Crippen molar-refractivity contribution in [1.82, 2.24) is 10.1 Å². The van der Waals surface area contributed by atoms with Gasteiger partial charge in [0.1, 0.15) is 0 Å². The van der Waals surface area contributed by atoms with Crippen LogP contribution in [0.25, 0.3) is 0 Å². The van der Waals surface area contributed by atoms with E-state index in [1.54, 1.807) is 6.92 Å². The van der Waals surface area contributed by atoms with Crippen LogP contribution >= 0.6 is 27.5 Å². The fourth-order valence-electron chi connectivity index (χ4n) is 1.37. The fraction of sp³-hybridized carbons (Fsp3) is 0.273. The molecule has 1 aromatic heterocycles. The van der Waals surface area contributed by atoms with Crippen LogP contribution in [-0.4, -0.2) is 10.1 Å². The summed E-state index contributed by atoms with van der Waals surface area (Å²) in [5, 5.41) is 7.72. The second-order valence-electron chi connectivity index (χ2n) is 3.66. The molecular weight excluding hydrogens is 305 g/mol. The van der Waals surface area contributed by atoms with E-state index in [9.17, 15) is 0 Å². The second-order valence-corrected chi connectivity index (χ2v) is 4.93. The number of aromatic nitrogens is 2. The van der Waals surface area contributed by atoms with E-state index in [0.29, 0.717) is 18.3 Å². The van der Waals surface area contributed by atoms with Gasteiger partial charge >= 0.3 is 0 Å². The molecule has 6 heteroatoms. The maximum atomic E-state index is 6.06. The highest BCUT2D eigenvalue weighted by atomic mass is 79.9. The molecule has 0 saturated carbocycles. The number of rotatable bonds is 3.